The molecule has 0 amide bonds. The summed E-state index contributed by atoms with van der Waals surface area (Å²) in [6, 6.07) is 13.9. The Balaban J connectivity index is 1.93. The molecule has 122 valence electrons. The van der Waals surface area contributed by atoms with Crippen LogP contribution in [0, 0.1) is 5.82 Å². The van der Waals surface area contributed by atoms with Gasteiger partial charge in [0.05, 0.1) is 5.69 Å². The molecule has 4 aromatic rings. The largest absolute Gasteiger partial charge is 0.383 e. The van der Waals surface area contributed by atoms with Crippen LogP contribution >= 0.6 is 0 Å². The summed E-state index contributed by atoms with van der Waals surface area (Å²) in [5.41, 5.74) is 14.8. The standard InChI is InChI=1S/C19H14FN5/c20-13-3-1-2-11(8-13)16-10-24-18(21)15-9-12(4-5-14(15)16)17-6-7-23-19(22)25-17/h1-10H,(H2,21,24)(H2,22,23,25). The van der Waals surface area contributed by atoms with E-state index in [0.29, 0.717) is 11.5 Å². The second-order valence-electron chi connectivity index (χ2n) is 5.63. The SMILES string of the molecule is Nc1nccc(-c2ccc3c(-c4cccc(F)c4)cnc(N)c3c2)n1. The Morgan fingerprint density at radius 2 is 1.72 bits per heavy atom. The Kier molecular flexibility index (Phi) is 3.50. The summed E-state index contributed by atoms with van der Waals surface area (Å²) in [6.45, 7) is 0. The van der Waals surface area contributed by atoms with Crippen molar-refractivity contribution in [2.45, 2.75) is 0 Å². The van der Waals surface area contributed by atoms with E-state index in [9.17, 15) is 4.39 Å². The lowest BCUT2D eigenvalue weighted by atomic mass is 9.98. The zero-order valence-electron chi connectivity index (χ0n) is 13.1. The maximum atomic E-state index is 13.6. The van der Waals surface area contributed by atoms with Crippen LogP contribution in [0.25, 0.3) is 33.2 Å². The minimum atomic E-state index is -0.296. The topological polar surface area (TPSA) is 90.7 Å². The van der Waals surface area contributed by atoms with Crippen molar-refractivity contribution in [2.75, 3.05) is 11.5 Å². The van der Waals surface area contributed by atoms with E-state index >= 15 is 0 Å². The Morgan fingerprint density at radius 1 is 0.840 bits per heavy atom. The molecule has 2 aromatic heterocycles. The molecule has 0 radical (unpaired) electrons. The molecule has 0 unspecified atom stereocenters. The lowest BCUT2D eigenvalue weighted by Crippen LogP contribution is -1.97. The highest BCUT2D eigenvalue weighted by molar-refractivity contribution is 6.02. The molecule has 4 N–H and O–H groups in total. The summed E-state index contributed by atoms with van der Waals surface area (Å²) in [5, 5.41) is 1.67. The molecule has 0 saturated heterocycles. The number of pyridine rings is 1. The Labute approximate surface area is 143 Å². The van der Waals surface area contributed by atoms with E-state index in [4.69, 9.17) is 11.5 Å². The number of fused-ring (bicyclic) bond motifs is 1. The molecular weight excluding hydrogens is 317 g/mol. The van der Waals surface area contributed by atoms with Crippen molar-refractivity contribution in [2.24, 2.45) is 0 Å². The second-order valence-corrected chi connectivity index (χ2v) is 5.63. The normalized spacial score (nSPS) is 10.9. The fourth-order valence-electron chi connectivity index (χ4n) is 2.84. The molecule has 5 nitrogen and oxygen atoms in total. The minimum absolute atomic E-state index is 0.206. The van der Waals surface area contributed by atoms with E-state index in [1.54, 1.807) is 24.5 Å². The maximum Gasteiger partial charge on any atom is 0.220 e. The highest BCUT2D eigenvalue weighted by Gasteiger charge is 2.10. The fraction of sp³-hybridized carbons (Fsp3) is 0. The maximum absolute atomic E-state index is 13.6. The molecule has 0 saturated carbocycles. The first-order valence-corrected chi connectivity index (χ1v) is 7.65. The smallest absolute Gasteiger partial charge is 0.220 e. The van der Waals surface area contributed by atoms with Crippen molar-refractivity contribution in [1.82, 2.24) is 15.0 Å². The van der Waals surface area contributed by atoms with Gasteiger partial charge in [-0.15, -0.1) is 0 Å². The van der Waals surface area contributed by atoms with Crippen molar-refractivity contribution in [1.29, 1.82) is 0 Å². The van der Waals surface area contributed by atoms with Crippen LogP contribution in [0.15, 0.2) is 60.9 Å². The first kappa shape index (κ1) is 15.0. The molecule has 0 fully saturated rings. The zero-order chi connectivity index (χ0) is 17.4. The number of hydrogen-bond acceptors (Lipinski definition) is 5. The fourth-order valence-corrected chi connectivity index (χ4v) is 2.84. The molecule has 0 spiro atoms. The lowest BCUT2D eigenvalue weighted by molar-refractivity contribution is 0.628. The van der Waals surface area contributed by atoms with E-state index in [2.05, 4.69) is 15.0 Å². The number of nitrogen functional groups attached to an aromatic ring is 2. The summed E-state index contributed by atoms with van der Waals surface area (Å²) in [7, 11) is 0. The van der Waals surface area contributed by atoms with E-state index in [-0.39, 0.29) is 11.8 Å². The number of benzene rings is 2. The Hall–Kier alpha value is -3.54. The predicted octanol–water partition coefficient (Wildman–Crippen LogP) is 3.66. The molecule has 2 heterocycles. The van der Waals surface area contributed by atoms with E-state index in [1.807, 2.05) is 24.3 Å². The Bertz CT molecular complexity index is 1090. The van der Waals surface area contributed by atoms with Crippen molar-refractivity contribution >= 4 is 22.5 Å². The number of rotatable bonds is 2. The van der Waals surface area contributed by atoms with Crippen molar-refractivity contribution < 1.29 is 4.39 Å². The number of halogens is 1. The highest BCUT2D eigenvalue weighted by atomic mass is 19.1. The van der Waals surface area contributed by atoms with Crippen LogP contribution in [0.5, 0.6) is 0 Å². The van der Waals surface area contributed by atoms with Crippen LogP contribution < -0.4 is 11.5 Å². The monoisotopic (exact) mass is 331 g/mol. The van der Waals surface area contributed by atoms with Gasteiger partial charge in [-0.1, -0.05) is 24.3 Å². The van der Waals surface area contributed by atoms with Gasteiger partial charge in [0.2, 0.25) is 5.95 Å². The average molecular weight is 331 g/mol. The van der Waals surface area contributed by atoms with Crippen LogP contribution in [0.4, 0.5) is 16.2 Å². The third kappa shape index (κ3) is 2.74. The number of nitrogens with zero attached hydrogens (tertiary/aromatic N) is 3. The molecule has 2 aromatic carbocycles. The molecular formula is C19H14FN5. The summed E-state index contributed by atoms with van der Waals surface area (Å²) in [4.78, 5) is 12.4. The van der Waals surface area contributed by atoms with Crippen LogP contribution in [0.2, 0.25) is 0 Å². The highest BCUT2D eigenvalue weighted by Crippen LogP contribution is 2.33. The predicted molar refractivity (Wildman–Crippen MR) is 97.0 cm³/mol. The number of nitrogens with two attached hydrogens (primary N) is 2. The van der Waals surface area contributed by atoms with Gasteiger partial charge in [-0.05, 0) is 35.2 Å². The summed E-state index contributed by atoms with van der Waals surface area (Å²) < 4.78 is 13.6. The van der Waals surface area contributed by atoms with Crippen molar-refractivity contribution in [3.05, 3.63) is 66.7 Å². The van der Waals surface area contributed by atoms with Gasteiger partial charge in [0.15, 0.2) is 0 Å². The van der Waals surface area contributed by atoms with E-state index in [0.717, 1.165) is 27.5 Å². The van der Waals surface area contributed by atoms with Crippen molar-refractivity contribution in [3.63, 3.8) is 0 Å². The molecule has 0 aliphatic heterocycles. The van der Waals surface area contributed by atoms with Crippen molar-refractivity contribution in [3.8, 4) is 22.4 Å². The van der Waals surface area contributed by atoms with Gasteiger partial charge in [-0.3, -0.25) is 0 Å². The van der Waals surface area contributed by atoms with Gasteiger partial charge >= 0.3 is 0 Å². The molecule has 6 heteroatoms. The summed E-state index contributed by atoms with van der Waals surface area (Å²) in [6.07, 6.45) is 3.27. The zero-order valence-corrected chi connectivity index (χ0v) is 13.1. The van der Waals surface area contributed by atoms with Crippen LogP contribution in [0.3, 0.4) is 0 Å². The van der Waals surface area contributed by atoms with Gasteiger partial charge < -0.3 is 11.5 Å². The van der Waals surface area contributed by atoms with Gasteiger partial charge in [0, 0.05) is 28.9 Å². The molecule has 25 heavy (non-hydrogen) atoms. The quantitative estimate of drug-likeness (QED) is 0.585. The van der Waals surface area contributed by atoms with Gasteiger partial charge in [-0.2, -0.15) is 0 Å². The minimum Gasteiger partial charge on any atom is -0.383 e. The molecule has 0 aliphatic rings. The van der Waals surface area contributed by atoms with E-state index in [1.165, 1.54) is 12.1 Å². The van der Waals surface area contributed by atoms with Crippen LogP contribution in [0.1, 0.15) is 0 Å². The number of hydrogen-bond donors (Lipinski definition) is 2. The average Bonchev–Trinajstić information content (AvgIpc) is 2.62. The van der Waals surface area contributed by atoms with Gasteiger partial charge in [0.25, 0.3) is 0 Å². The number of aromatic nitrogens is 3. The second kappa shape index (κ2) is 5.83. The third-order valence-electron chi connectivity index (χ3n) is 4.02. The van der Waals surface area contributed by atoms with E-state index < -0.39 is 0 Å². The third-order valence-corrected chi connectivity index (χ3v) is 4.02. The lowest BCUT2D eigenvalue weighted by Gasteiger charge is -2.10. The molecule has 4 rings (SSSR count). The van der Waals surface area contributed by atoms with Gasteiger partial charge in [-0.25, -0.2) is 19.3 Å². The summed E-state index contributed by atoms with van der Waals surface area (Å²) >= 11 is 0. The summed E-state index contributed by atoms with van der Waals surface area (Å²) in [5.74, 6) is 0.312. The molecule has 0 atom stereocenters. The molecule has 0 bridgehead atoms. The first-order valence-electron chi connectivity index (χ1n) is 7.65. The first-order chi connectivity index (χ1) is 12.1. The number of anilines is 2. The Morgan fingerprint density at radius 3 is 2.52 bits per heavy atom. The van der Waals surface area contributed by atoms with Crippen LogP contribution in [-0.2, 0) is 0 Å². The van der Waals surface area contributed by atoms with Gasteiger partial charge in [0.1, 0.15) is 11.6 Å². The van der Waals surface area contributed by atoms with Crippen LogP contribution in [-0.4, -0.2) is 15.0 Å². The molecule has 0 aliphatic carbocycles.